The van der Waals surface area contributed by atoms with Crippen molar-refractivity contribution in [3.05, 3.63) is 100 Å². The highest BCUT2D eigenvalue weighted by Gasteiger charge is 2.13. The number of aryl methyl sites for hydroxylation is 3. The molecule has 0 fully saturated rings. The van der Waals surface area contributed by atoms with E-state index in [-0.39, 0.29) is 6.03 Å². The number of fused-ring (bicyclic) bond motifs is 1. The molecule has 9 heteroatoms. The van der Waals surface area contributed by atoms with Gasteiger partial charge in [-0.2, -0.15) is 9.61 Å². The zero-order valence-corrected chi connectivity index (χ0v) is 22.1. The van der Waals surface area contributed by atoms with Crippen LogP contribution >= 0.6 is 11.6 Å². The van der Waals surface area contributed by atoms with Crippen LogP contribution in [0.25, 0.3) is 16.9 Å². The highest BCUT2D eigenvalue weighted by molar-refractivity contribution is 6.36. The minimum atomic E-state index is -0.294. The minimum Gasteiger partial charge on any atom is -0.366 e. The van der Waals surface area contributed by atoms with Crippen molar-refractivity contribution < 1.29 is 4.79 Å². The summed E-state index contributed by atoms with van der Waals surface area (Å²) >= 11 is 6.43. The second-order valence-corrected chi connectivity index (χ2v) is 9.66. The molecule has 7 nitrogen and oxygen atoms in total. The van der Waals surface area contributed by atoms with Crippen LogP contribution in [0.2, 0.25) is 5.02 Å². The van der Waals surface area contributed by atoms with Crippen LogP contribution in [-0.2, 0) is 6.54 Å². The lowest BCUT2D eigenvalue weighted by Gasteiger charge is -2.14. The zero-order chi connectivity index (χ0) is 26.8. The second kappa shape index (κ2) is 10.6. The van der Waals surface area contributed by atoms with Crippen molar-refractivity contribution in [1.29, 1.82) is 0 Å². The lowest BCUT2D eigenvalue weighted by atomic mass is 10.0. The molecule has 2 amide bonds. The van der Waals surface area contributed by atoms with Gasteiger partial charge in [0.25, 0.3) is 0 Å². The van der Waals surface area contributed by atoms with Crippen molar-refractivity contribution in [1.82, 2.24) is 14.6 Å². The molecule has 5 aromatic rings. The lowest BCUT2D eigenvalue weighted by Crippen LogP contribution is -2.20. The summed E-state index contributed by atoms with van der Waals surface area (Å²) in [6.07, 6.45) is 1.57. The van der Waals surface area contributed by atoms with E-state index in [0.717, 1.165) is 33.5 Å². The smallest absolute Gasteiger partial charge is 0.323 e. The minimum absolute atomic E-state index is 0.294. The van der Waals surface area contributed by atoms with Gasteiger partial charge in [0.2, 0.25) is 0 Å². The number of nitrogens with one attached hydrogen (secondary N) is 3. The average molecular weight is 521 g/mol. The fourth-order valence-electron chi connectivity index (χ4n) is 4.52. The van der Waals surface area contributed by atoms with E-state index in [4.69, 9.17) is 19.4 Å². The average Bonchev–Trinajstić information content (AvgIpc) is 3.26. The summed E-state index contributed by atoms with van der Waals surface area (Å²) in [5.41, 5.74) is 8.18. The Labute approximate surface area is 227 Å². The van der Waals surface area contributed by atoms with E-state index in [2.05, 4.69) is 38.2 Å². The number of benzene rings is 3. The highest BCUT2D eigenvalue weighted by Crippen LogP contribution is 2.28. The Bertz CT molecular complexity index is 1640. The number of anilines is 3. The number of urea groups is 1. The summed E-state index contributed by atoms with van der Waals surface area (Å²) < 4.78 is 1.66. The third-order valence-electron chi connectivity index (χ3n) is 6.22. The summed E-state index contributed by atoms with van der Waals surface area (Å²) in [6, 6.07) is 20.9. The van der Waals surface area contributed by atoms with Gasteiger partial charge in [0.1, 0.15) is 13.7 Å². The Morgan fingerprint density at radius 1 is 0.974 bits per heavy atom. The van der Waals surface area contributed by atoms with Gasteiger partial charge in [-0.05, 0) is 61.1 Å². The fourth-order valence-corrected chi connectivity index (χ4v) is 4.75. The summed E-state index contributed by atoms with van der Waals surface area (Å²) in [4.78, 5) is 17.4. The predicted molar refractivity (Wildman–Crippen MR) is 156 cm³/mol. The van der Waals surface area contributed by atoms with E-state index < -0.39 is 0 Å². The maximum absolute atomic E-state index is 12.7. The number of amides is 2. The molecule has 2 heterocycles. The molecule has 188 valence electrons. The van der Waals surface area contributed by atoms with E-state index in [0.29, 0.717) is 39.9 Å². The number of carbonyl (C=O) groups is 1. The molecule has 3 aromatic carbocycles. The zero-order valence-electron chi connectivity index (χ0n) is 21.3. The SMILES string of the molecule is [B]c1cnn2c(NCc3cccc(NC(=O)Nc4c(C)cc(C)cc4C)c3)cc(-c3ccccc3Cl)nc12. The van der Waals surface area contributed by atoms with Gasteiger partial charge in [-0.3, -0.25) is 0 Å². The van der Waals surface area contributed by atoms with Crippen molar-refractivity contribution >= 4 is 53.8 Å². The van der Waals surface area contributed by atoms with E-state index in [1.807, 2.05) is 75.4 Å². The van der Waals surface area contributed by atoms with Crippen LogP contribution in [0.3, 0.4) is 0 Å². The summed E-state index contributed by atoms with van der Waals surface area (Å²) in [7, 11) is 6.13. The quantitative estimate of drug-likeness (QED) is 0.239. The second-order valence-electron chi connectivity index (χ2n) is 9.25. The molecule has 0 aliphatic carbocycles. The largest absolute Gasteiger partial charge is 0.366 e. The van der Waals surface area contributed by atoms with Crippen LogP contribution in [0.5, 0.6) is 0 Å². The van der Waals surface area contributed by atoms with Crippen LogP contribution < -0.4 is 21.4 Å². The molecule has 38 heavy (non-hydrogen) atoms. The number of hydrogen-bond donors (Lipinski definition) is 3. The van der Waals surface area contributed by atoms with Gasteiger partial charge >= 0.3 is 6.03 Å². The Balaban J connectivity index is 1.34. The van der Waals surface area contributed by atoms with Crippen LogP contribution in [0.15, 0.2) is 72.9 Å². The summed E-state index contributed by atoms with van der Waals surface area (Å²) in [6.45, 7) is 6.50. The molecule has 0 saturated carbocycles. The van der Waals surface area contributed by atoms with Crippen molar-refractivity contribution in [2.45, 2.75) is 27.3 Å². The number of hydrogen-bond acceptors (Lipinski definition) is 4. The molecule has 0 saturated heterocycles. The van der Waals surface area contributed by atoms with Crippen LogP contribution in [-0.4, -0.2) is 28.5 Å². The number of rotatable bonds is 6. The summed E-state index contributed by atoms with van der Waals surface area (Å²) in [5.74, 6) is 0.711. The summed E-state index contributed by atoms with van der Waals surface area (Å²) in [5, 5.41) is 14.3. The number of nitrogens with zero attached hydrogens (tertiary/aromatic N) is 3. The van der Waals surface area contributed by atoms with Crippen LogP contribution in [0.1, 0.15) is 22.3 Å². The molecule has 0 unspecified atom stereocenters. The molecule has 3 N–H and O–H groups in total. The topological polar surface area (TPSA) is 83.3 Å². The van der Waals surface area contributed by atoms with Crippen LogP contribution in [0, 0.1) is 20.8 Å². The highest BCUT2D eigenvalue weighted by atomic mass is 35.5. The molecule has 0 aliphatic heterocycles. The Morgan fingerprint density at radius 3 is 2.50 bits per heavy atom. The molecular weight excluding hydrogens is 495 g/mol. The maximum Gasteiger partial charge on any atom is 0.323 e. The normalized spacial score (nSPS) is 10.9. The molecule has 2 radical (unpaired) electrons. The molecule has 2 aromatic heterocycles. The van der Waals surface area contributed by atoms with Crippen molar-refractivity contribution in [2.75, 3.05) is 16.0 Å². The van der Waals surface area contributed by atoms with Gasteiger partial charge in [0.05, 0.1) is 5.69 Å². The third kappa shape index (κ3) is 5.36. The van der Waals surface area contributed by atoms with E-state index in [9.17, 15) is 4.79 Å². The molecule has 5 rings (SSSR count). The van der Waals surface area contributed by atoms with Gasteiger partial charge < -0.3 is 16.0 Å². The molecular formula is C29H26BClN6O. The monoisotopic (exact) mass is 520 g/mol. The number of halogens is 1. The van der Waals surface area contributed by atoms with Crippen molar-refractivity contribution in [3.8, 4) is 11.3 Å². The van der Waals surface area contributed by atoms with Crippen LogP contribution in [0.4, 0.5) is 22.0 Å². The Hall–Kier alpha value is -4.30. The standard InChI is InChI=1S/C29H26BClN6O/c1-17-11-18(2)27(19(3)12-17)36-29(38)34-21-8-6-7-20(13-21)15-32-26-14-25(22-9-4-5-10-24(22)31)35-28-23(30)16-33-37(26)28/h4-14,16,32H,15H2,1-3H3,(H2,34,36,38). The Kier molecular flexibility index (Phi) is 7.07. The van der Waals surface area contributed by atoms with Gasteiger partial charge in [-0.1, -0.05) is 59.6 Å². The first-order valence-corrected chi connectivity index (χ1v) is 12.5. The van der Waals surface area contributed by atoms with Gasteiger partial charge in [0.15, 0.2) is 5.65 Å². The molecule has 0 atom stereocenters. The van der Waals surface area contributed by atoms with Crippen molar-refractivity contribution in [2.24, 2.45) is 0 Å². The number of carbonyl (C=O) groups excluding carboxylic acids is 1. The van der Waals surface area contributed by atoms with Crippen molar-refractivity contribution in [3.63, 3.8) is 0 Å². The molecule has 0 bridgehead atoms. The fraction of sp³-hybridized carbons (Fsp3) is 0.138. The predicted octanol–water partition coefficient (Wildman–Crippen LogP) is 6.02. The third-order valence-corrected chi connectivity index (χ3v) is 6.55. The first-order valence-electron chi connectivity index (χ1n) is 12.2. The molecule has 0 spiro atoms. The van der Waals surface area contributed by atoms with E-state index >= 15 is 0 Å². The molecule has 0 aliphatic rings. The number of aromatic nitrogens is 3. The van der Waals surface area contributed by atoms with Gasteiger partial charge in [-0.15, -0.1) is 0 Å². The first kappa shape index (κ1) is 25.4. The van der Waals surface area contributed by atoms with Gasteiger partial charge in [-0.25, -0.2) is 9.78 Å². The van der Waals surface area contributed by atoms with E-state index in [1.165, 1.54) is 0 Å². The van der Waals surface area contributed by atoms with E-state index in [1.54, 1.807) is 10.7 Å². The first-order chi connectivity index (χ1) is 18.3. The lowest BCUT2D eigenvalue weighted by molar-refractivity contribution is 0.262. The van der Waals surface area contributed by atoms with Gasteiger partial charge in [0, 0.05) is 40.8 Å². The maximum atomic E-state index is 12.7. The Morgan fingerprint density at radius 2 is 1.74 bits per heavy atom.